The summed E-state index contributed by atoms with van der Waals surface area (Å²) in [5.74, 6) is -0.141. The van der Waals surface area contributed by atoms with Gasteiger partial charge in [0.1, 0.15) is 0 Å². The number of hydrogen-bond donors (Lipinski definition) is 3. The number of carbonyl (C=O) groups is 2. The molecule has 0 saturated heterocycles. The summed E-state index contributed by atoms with van der Waals surface area (Å²) in [7, 11) is 0. The Morgan fingerprint density at radius 2 is 0.855 bits per heavy atom. The van der Waals surface area contributed by atoms with Gasteiger partial charge < -0.3 is 20.3 Å². The summed E-state index contributed by atoms with van der Waals surface area (Å²) in [6.45, 7) is 4.79. The molecule has 0 heterocycles. The molecule has 0 aliphatic carbocycles. The van der Waals surface area contributed by atoms with Crippen molar-refractivity contribution < 1.29 is 24.5 Å². The van der Waals surface area contributed by atoms with E-state index < -0.39 is 12.1 Å². The second-order valence-electron chi connectivity index (χ2n) is 16.4. The molecule has 1 amide bonds. The van der Waals surface area contributed by atoms with E-state index in [-0.39, 0.29) is 18.5 Å². The maximum atomic E-state index is 12.3. The van der Waals surface area contributed by atoms with Gasteiger partial charge in [0.25, 0.3) is 0 Å². The summed E-state index contributed by atoms with van der Waals surface area (Å²) in [4.78, 5) is 24.4. The van der Waals surface area contributed by atoms with E-state index in [0.717, 1.165) is 77.0 Å². The molecular formula is C49H93NO5. The summed E-state index contributed by atoms with van der Waals surface area (Å²) in [6.07, 6.45) is 51.8. The lowest BCUT2D eigenvalue weighted by atomic mass is 10.0. The minimum Gasteiger partial charge on any atom is -0.466 e. The molecule has 0 spiro atoms. The van der Waals surface area contributed by atoms with E-state index in [1.54, 1.807) is 6.08 Å². The molecule has 0 bridgehead atoms. The van der Waals surface area contributed by atoms with Crippen LogP contribution in [-0.2, 0) is 14.3 Å². The Morgan fingerprint density at radius 1 is 0.491 bits per heavy atom. The zero-order chi connectivity index (χ0) is 40.1. The number of rotatable bonds is 44. The van der Waals surface area contributed by atoms with Gasteiger partial charge in [0.05, 0.1) is 25.4 Å². The van der Waals surface area contributed by atoms with Crippen LogP contribution in [0.2, 0.25) is 0 Å². The van der Waals surface area contributed by atoms with Crippen LogP contribution in [0.4, 0.5) is 0 Å². The van der Waals surface area contributed by atoms with E-state index in [1.165, 1.54) is 148 Å². The third kappa shape index (κ3) is 41.8. The minimum absolute atomic E-state index is 0.0351. The highest BCUT2D eigenvalue weighted by atomic mass is 16.5. The first kappa shape index (κ1) is 53.3. The van der Waals surface area contributed by atoms with E-state index in [0.29, 0.717) is 19.4 Å². The standard InChI is InChI=1S/C49H93NO5/c1-3-5-7-9-11-13-15-16-17-18-19-20-21-22-27-31-35-39-43-49(54)55-44-40-36-32-28-24-23-26-30-34-38-42-48(53)50-46(45-51)47(52)41-37-33-29-25-14-12-10-8-6-4-2/h24,28,37,41,46-47,51-52H,3-23,25-27,29-36,38-40,42-45H2,1-2H3,(H,50,53)/b28-24-,41-37+. The molecule has 0 aliphatic rings. The Hall–Kier alpha value is -1.66. The van der Waals surface area contributed by atoms with Crippen molar-refractivity contribution in [1.29, 1.82) is 0 Å². The molecule has 2 unspecified atom stereocenters. The molecule has 0 radical (unpaired) electrons. The highest BCUT2D eigenvalue weighted by Gasteiger charge is 2.18. The number of hydrogen-bond acceptors (Lipinski definition) is 5. The lowest BCUT2D eigenvalue weighted by Gasteiger charge is -2.20. The fourth-order valence-electron chi connectivity index (χ4n) is 7.21. The van der Waals surface area contributed by atoms with Gasteiger partial charge in [-0.25, -0.2) is 0 Å². The average Bonchev–Trinajstić information content (AvgIpc) is 3.18. The predicted octanol–water partition coefficient (Wildman–Crippen LogP) is 14.0. The van der Waals surface area contributed by atoms with Gasteiger partial charge in [0, 0.05) is 12.8 Å². The molecule has 0 aromatic heterocycles. The normalized spacial score (nSPS) is 12.9. The van der Waals surface area contributed by atoms with E-state index in [2.05, 4.69) is 31.3 Å². The second-order valence-corrected chi connectivity index (χ2v) is 16.4. The molecule has 0 aromatic rings. The first-order chi connectivity index (χ1) is 27.0. The van der Waals surface area contributed by atoms with Crippen LogP contribution in [-0.4, -0.2) is 47.4 Å². The van der Waals surface area contributed by atoms with Crippen LogP contribution >= 0.6 is 0 Å². The quantitative estimate of drug-likeness (QED) is 0.0325. The van der Waals surface area contributed by atoms with Crippen LogP contribution in [0.25, 0.3) is 0 Å². The van der Waals surface area contributed by atoms with Crippen molar-refractivity contribution in [2.75, 3.05) is 13.2 Å². The largest absolute Gasteiger partial charge is 0.466 e. The molecule has 0 saturated carbocycles. The first-order valence-corrected chi connectivity index (χ1v) is 24.1. The van der Waals surface area contributed by atoms with Gasteiger partial charge >= 0.3 is 5.97 Å². The van der Waals surface area contributed by atoms with Crippen LogP contribution in [0.15, 0.2) is 24.3 Å². The Bertz CT molecular complexity index is 858. The molecular weight excluding hydrogens is 683 g/mol. The van der Waals surface area contributed by atoms with Crippen molar-refractivity contribution in [3.05, 3.63) is 24.3 Å². The van der Waals surface area contributed by atoms with Gasteiger partial charge in [-0.2, -0.15) is 0 Å². The number of aliphatic hydroxyl groups excluding tert-OH is 2. The lowest BCUT2D eigenvalue weighted by molar-refractivity contribution is -0.143. The molecule has 55 heavy (non-hydrogen) atoms. The highest BCUT2D eigenvalue weighted by molar-refractivity contribution is 5.76. The topological polar surface area (TPSA) is 95.9 Å². The fourth-order valence-corrected chi connectivity index (χ4v) is 7.21. The number of carbonyl (C=O) groups excluding carboxylic acids is 2. The molecule has 3 N–H and O–H groups in total. The van der Waals surface area contributed by atoms with E-state index >= 15 is 0 Å². The molecule has 0 fully saturated rings. The van der Waals surface area contributed by atoms with E-state index in [9.17, 15) is 19.8 Å². The molecule has 324 valence electrons. The van der Waals surface area contributed by atoms with Crippen molar-refractivity contribution in [3.63, 3.8) is 0 Å². The average molecular weight is 776 g/mol. The molecule has 0 aliphatic heterocycles. The Kier molecular flexibility index (Phi) is 43.7. The van der Waals surface area contributed by atoms with Crippen LogP contribution in [0.3, 0.4) is 0 Å². The Morgan fingerprint density at radius 3 is 1.29 bits per heavy atom. The number of unbranched alkanes of at least 4 members (excludes halogenated alkanes) is 31. The van der Waals surface area contributed by atoms with Crippen molar-refractivity contribution in [2.45, 2.75) is 264 Å². The minimum atomic E-state index is -0.863. The maximum absolute atomic E-state index is 12.3. The van der Waals surface area contributed by atoms with Crippen LogP contribution < -0.4 is 5.32 Å². The summed E-state index contributed by atoms with van der Waals surface area (Å²) < 4.78 is 5.44. The van der Waals surface area contributed by atoms with Crippen molar-refractivity contribution in [2.24, 2.45) is 0 Å². The van der Waals surface area contributed by atoms with Gasteiger partial charge in [-0.15, -0.1) is 0 Å². The van der Waals surface area contributed by atoms with Gasteiger partial charge in [0.15, 0.2) is 0 Å². The summed E-state index contributed by atoms with van der Waals surface area (Å²) in [5, 5.41) is 22.9. The van der Waals surface area contributed by atoms with Crippen LogP contribution in [0.5, 0.6) is 0 Å². The fraction of sp³-hybridized carbons (Fsp3) is 0.878. The first-order valence-electron chi connectivity index (χ1n) is 24.1. The smallest absolute Gasteiger partial charge is 0.305 e. The lowest BCUT2D eigenvalue weighted by Crippen LogP contribution is -2.45. The zero-order valence-electron chi connectivity index (χ0n) is 36.7. The summed E-state index contributed by atoms with van der Waals surface area (Å²) >= 11 is 0. The summed E-state index contributed by atoms with van der Waals surface area (Å²) in [5.41, 5.74) is 0. The third-order valence-electron chi connectivity index (χ3n) is 11.0. The maximum Gasteiger partial charge on any atom is 0.305 e. The number of ether oxygens (including phenoxy) is 1. The monoisotopic (exact) mass is 776 g/mol. The predicted molar refractivity (Wildman–Crippen MR) is 236 cm³/mol. The van der Waals surface area contributed by atoms with Crippen LogP contribution in [0, 0.1) is 0 Å². The number of amides is 1. The molecule has 6 heteroatoms. The number of aliphatic hydroxyl groups is 2. The van der Waals surface area contributed by atoms with Crippen molar-refractivity contribution >= 4 is 11.9 Å². The molecule has 0 rings (SSSR count). The summed E-state index contributed by atoms with van der Waals surface area (Å²) in [6, 6.07) is -0.650. The van der Waals surface area contributed by atoms with Gasteiger partial charge in [0.2, 0.25) is 5.91 Å². The highest BCUT2D eigenvalue weighted by Crippen LogP contribution is 2.15. The molecule has 6 nitrogen and oxygen atoms in total. The van der Waals surface area contributed by atoms with Crippen molar-refractivity contribution in [3.8, 4) is 0 Å². The number of allylic oxidation sites excluding steroid dienone is 3. The van der Waals surface area contributed by atoms with E-state index in [4.69, 9.17) is 4.74 Å². The number of nitrogens with one attached hydrogen (secondary N) is 1. The zero-order valence-corrected chi connectivity index (χ0v) is 36.7. The third-order valence-corrected chi connectivity index (χ3v) is 11.0. The Balaban J connectivity index is 3.51. The van der Waals surface area contributed by atoms with Crippen LogP contribution in [0.1, 0.15) is 251 Å². The number of esters is 1. The van der Waals surface area contributed by atoms with Crippen molar-refractivity contribution in [1.82, 2.24) is 5.32 Å². The van der Waals surface area contributed by atoms with Gasteiger partial charge in [-0.1, -0.05) is 205 Å². The second kappa shape index (κ2) is 45.0. The Labute approximate surface area is 341 Å². The molecule has 0 aromatic carbocycles. The van der Waals surface area contributed by atoms with E-state index in [1.807, 2.05) is 6.08 Å². The van der Waals surface area contributed by atoms with Gasteiger partial charge in [-0.05, 0) is 57.8 Å². The van der Waals surface area contributed by atoms with Gasteiger partial charge in [-0.3, -0.25) is 9.59 Å². The molecule has 2 atom stereocenters. The SMILES string of the molecule is CCCCCCCCCC/C=C/C(O)C(CO)NC(=O)CCCCCC/C=C\CCCCOC(=O)CCCCCCCCCCCCCCCCCCCC.